The largest absolute Gasteiger partial charge is 0.416 e. The lowest BCUT2D eigenvalue weighted by Crippen LogP contribution is -2.13. The molecule has 3 rings (SSSR count). The van der Waals surface area contributed by atoms with Crippen LogP contribution in [0.4, 0.5) is 24.7 Å². The fourth-order valence-corrected chi connectivity index (χ4v) is 2.62. The van der Waals surface area contributed by atoms with E-state index in [1.807, 2.05) is 37.2 Å². The molecule has 5 nitrogen and oxygen atoms in total. The molecule has 1 N–H and O–H groups in total. The molecule has 0 aliphatic rings. The van der Waals surface area contributed by atoms with Gasteiger partial charge in [0.2, 0.25) is 0 Å². The molecule has 0 bridgehead atoms. The number of anilines is 2. The molecular weight excluding hydrogens is 381 g/mol. The van der Waals surface area contributed by atoms with Crippen molar-refractivity contribution in [1.82, 2.24) is 9.97 Å². The van der Waals surface area contributed by atoms with Crippen molar-refractivity contribution < 1.29 is 18.0 Å². The molecule has 0 aliphatic carbocycles. The highest BCUT2D eigenvalue weighted by Gasteiger charge is 2.30. The van der Waals surface area contributed by atoms with Crippen molar-refractivity contribution in [1.29, 1.82) is 0 Å². The van der Waals surface area contributed by atoms with Crippen molar-refractivity contribution in [3.63, 3.8) is 0 Å². The Balaban J connectivity index is 1.64. The summed E-state index contributed by atoms with van der Waals surface area (Å²) in [6.45, 7) is 0. The van der Waals surface area contributed by atoms with Crippen LogP contribution in [0.3, 0.4) is 0 Å². The van der Waals surface area contributed by atoms with Crippen molar-refractivity contribution in [2.24, 2.45) is 0 Å². The lowest BCUT2D eigenvalue weighted by molar-refractivity contribution is -0.137. The summed E-state index contributed by atoms with van der Waals surface area (Å²) in [5, 5.41) is 2.67. The molecule has 0 saturated heterocycles. The third kappa shape index (κ3) is 5.31. The minimum absolute atomic E-state index is 0.149. The number of rotatable bonds is 5. The molecule has 8 heteroatoms. The van der Waals surface area contributed by atoms with Crippen molar-refractivity contribution in [2.75, 3.05) is 24.3 Å². The molecule has 1 aromatic heterocycles. The number of benzene rings is 2. The van der Waals surface area contributed by atoms with Crippen LogP contribution in [0, 0.1) is 0 Å². The van der Waals surface area contributed by atoms with Crippen LogP contribution in [0.5, 0.6) is 0 Å². The summed E-state index contributed by atoms with van der Waals surface area (Å²) in [7, 11) is 3.81. The highest BCUT2D eigenvalue weighted by molar-refractivity contribution is 6.04. The molecule has 1 amide bonds. The molecule has 0 aliphatic heterocycles. The van der Waals surface area contributed by atoms with Crippen LogP contribution < -0.4 is 10.2 Å². The fraction of sp³-hybridized carbons (Fsp3) is 0.190. The molecule has 0 atom stereocenters. The summed E-state index contributed by atoms with van der Waals surface area (Å²) < 4.78 is 37.8. The minimum atomic E-state index is -4.43. The number of amides is 1. The summed E-state index contributed by atoms with van der Waals surface area (Å²) in [5.41, 5.74) is 0.866. The molecular formula is C21H19F3N4O. The van der Waals surface area contributed by atoms with Gasteiger partial charge in [0.25, 0.3) is 5.91 Å². The van der Waals surface area contributed by atoms with E-state index in [1.54, 1.807) is 18.3 Å². The fourth-order valence-electron chi connectivity index (χ4n) is 2.62. The number of alkyl halides is 3. The number of halogens is 3. The highest BCUT2D eigenvalue weighted by Crippen LogP contribution is 2.29. The van der Waals surface area contributed by atoms with Gasteiger partial charge in [0.05, 0.1) is 5.56 Å². The van der Waals surface area contributed by atoms with Crippen molar-refractivity contribution in [3.05, 3.63) is 83.3 Å². The van der Waals surface area contributed by atoms with E-state index in [0.29, 0.717) is 17.9 Å². The predicted molar refractivity (Wildman–Crippen MR) is 105 cm³/mol. The number of nitrogens with one attached hydrogen (secondary N) is 1. The Kier molecular flexibility index (Phi) is 5.81. The number of aromatic nitrogens is 2. The van der Waals surface area contributed by atoms with Crippen LogP contribution in [0.25, 0.3) is 0 Å². The van der Waals surface area contributed by atoms with E-state index in [4.69, 9.17) is 0 Å². The van der Waals surface area contributed by atoms with Crippen LogP contribution in [0.2, 0.25) is 0 Å². The zero-order chi connectivity index (χ0) is 21.0. The summed E-state index contributed by atoms with van der Waals surface area (Å²) >= 11 is 0. The lowest BCUT2D eigenvalue weighted by Gasteiger charge is -2.12. The molecule has 0 fully saturated rings. The quantitative estimate of drug-likeness (QED) is 0.690. The second-order valence-corrected chi connectivity index (χ2v) is 6.63. The molecule has 0 spiro atoms. The number of carbonyl (C=O) groups is 1. The Labute approximate surface area is 166 Å². The Morgan fingerprint density at radius 3 is 2.24 bits per heavy atom. The van der Waals surface area contributed by atoms with Crippen LogP contribution in [0.15, 0.2) is 60.8 Å². The molecule has 1 heterocycles. The van der Waals surface area contributed by atoms with Gasteiger partial charge in [-0.15, -0.1) is 0 Å². The first kappa shape index (κ1) is 20.3. The zero-order valence-corrected chi connectivity index (χ0v) is 15.9. The Bertz CT molecular complexity index is 984. The lowest BCUT2D eigenvalue weighted by atomic mass is 10.1. The minimum Gasteiger partial charge on any atom is -0.363 e. The Hall–Kier alpha value is -3.42. The van der Waals surface area contributed by atoms with Crippen LogP contribution in [-0.4, -0.2) is 30.0 Å². The second kappa shape index (κ2) is 8.30. The average Bonchev–Trinajstić information content (AvgIpc) is 2.69. The SMILES string of the molecule is CN(C)c1ccnc(Cc2ccc(NC(=O)c3ccc(C(F)(F)F)cc3)cc2)n1. The van der Waals surface area contributed by atoms with Gasteiger partial charge in [-0.2, -0.15) is 13.2 Å². The van der Waals surface area contributed by atoms with Crippen LogP contribution in [-0.2, 0) is 12.6 Å². The molecule has 0 unspecified atom stereocenters. The second-order valence-electron chi connectivity index (χ2n) is 6.63. The monoisotopic (exact) mass is 400 g/mol. The topological polar surface area (TPSA) is 58.1 Å². The molecule has 2 aromatic carbocycles. The van der Waals surface area contributed by atoms with E-state index < -0.39 is 17.6 Å². The smallest absolute Gasteiger partial charge is 0.363 e. The van der Waals surface area contributed by atoms with Crippen molar-refractivity contribution >= 4 is 17.4 Å². The first-order valence-electron chi connectivity index (χ1n) is 8.79. The first-order valence-corrected chi connectivity index (χ1v) is 8.79. The van der Waals surface area contributed by atoms with E-state index in [2.05, 4.69) is 15.3 Å². The predicted octanol–water partition coefficient (Wildman–Crippen LogP) is 4.40. The standard InChI is InChI=1S/C21H19F3N4O/c1-28(2)19-11-12-25-18(27-19)13-14-3-9-17(10-4-14)26-20(29)15-5-7-16(8-6-15)21(22,23)24/h3-12H,13H2,1-2H3,(H,26,29). The summed E-state index contributed by atoms with van der Waals surface area (Å²) in [6.07, 6.45) is -2.19. The summed E-state index contributed by atoms with van der Waals surface area (Å²) in [6, 6.07) is 13.1. The Morgan fingerprint density at radius 2 is 1.66 bits per heavy atom. The maximum atomic E-state index is 12.6. The van der Waals surface area contributed by atoms with Crippen molar-refractivity contribution in [2.45, 2.75) is 12.6 Å². The third-order valence-corrected chi connectivity index (χ3v) is 4.20. The van der Waals surface area contributed by atoms with Gasteiger partial charge < -0.3 is 10.2 Å². The zero-order valence-electron chi connectivity index (χ0n) is 15.9. The normalized spacial score (nSPS) is 11.2. The van der Waals surface area contributed by atoms with Crippen LogP contribution >= 0.6 is 0 Å². The van der Waals surface area contributed by atoms with E-state index in [0.717, 1.165) is 35.6 Å². The Morgan fingerprint density at radius 1 is 1.00 bits per heavy atom. The van der Waals surface area contributed by atoms with Gasteiger partial charge in [-0.3, -0.25) is 4.79 Å². The third-order valence-electron chi connectivity index (χ3n) is 4.20. The van der Waals surface area contributed by atoms with Gasteiger partial charge in [-0.05, 0) is 48.0 Å². The number of carbonyl (C=O) groups excluding carboxylic acids is 1. The van der Waals surface area contributed by atoms with E-state index in [-0.39, 0.29) is 5.56 Å². The molecule has 3 aromatic rings. The molecule has 0 radical (unpaired) electrons. The average molecular weight is 400 g/mol. The van der Waals surface area contributed by atoms with E-state index in [9.17, 15) is 18.0 Å². The summed E-state index contributed by atoms with van der Waals surface area (Å²) in [5.74, 6) is 1.02. The van der Waals surface area contributed by atoms with Gasteiger partial charge in [0.1, 0.15) is 11.6 Å². The maximum absolute atomic E-state index is 12.6. The van der Waals surface area contributed by atoms with Gasteiger partial charge in [-0.1, -0.05) is 12.1 Å². The van der Waals surface area contributed by atoms with Gasteiger partial charge in [0.15, 0.2) is 0 Å². The van der Waals surface area contributed by atoms with Crippen LogP contribution in [0.1, 0.15) is 27.3 Å². The van der Waals surface area contributed by atoms with Gasteiger partial charge in [-0.25, -0.2) is 9.97 Å². The molecule has 0 saturated carbocycles. The number of nitrogens with zero attached hydrogens (tertiary/aromatic N) is 3. The molecule has 150 valence electrons. The van der Waals surface area contributed by atoms with Gasteiger partial charge >= 0.3 is 6.18 Å². The van der Waals surface area contributed by atoms with E-state index >= 15 is 0 Å². The number of hydrogen-bond donors (Lipinski definition) is 1. The molecule has 29 heavy (non-hydrogen) atoms. The van der Waals surface area contributed by atoms with Gasteiger partial charge in [0, 0.05) is 38.0 Å². The van der Waals surface area contributed by atoms with Crippen molar-refractivity contribution in [3.8, 4) is 0 Å². The maximum Gasteiger partial charge on any atom is 0.416 e. The number of hydrogen-bond acceptors (Lipinski definition) is 4. The first-order chi connectivity index (χ1) is 13.7. The van der Waals surface area contributed by atoms with E-state index in [1.165, 1.54) is 0 Å². The summed E-state index contributed by atoms with van der Waals surface area (Å²) in [4.78, 5) is 22.9. The highest BCUT2D eigenvalue weighted by atomic mass is 19.4.